The molecule has 1 aliphatic carbocycles. The SMILES string of the molecule is O=C(NCCCc1ncn[nH]1)C1(c2ccc(F)cc2)CC1. The monoisotopic (exact) mass is 288 g/mol. The maximum Gasteiger partial charge on any atom is 0.230 e. The molecular weight excluding hydrogens is 271 g/mol. The molecule has 0 unspecified atom stereocenters. The number of hydrogen-bond donors (Lipinski definition) is 2. The molecule has 6 heteroatoms. The number of aromatic amines is 1. The van der Waals surface area contributed by atoms with E-state index < -0.39 is 5.41 Å². The number of amides is 1. The predicted octanol–water partition coefficient (Wildman–Crippen LogP) is 1.72. The molecule has 1 aromatic heterocycles. The van der Waals surface area contributed by atoms with E-state index in [0.29, 0.717) is 6.54 Å². The van der Waals surface area contributed by atoms with Crippen LogP contribution in [0.2, 0.25) is 0 Å². The average molecular weight is 288 g/mol. The fourth-order valence-electron chi connectivity index (χ4n) is 2.52. The molecule has 21 heavy (non-hydrogen) atoms. The summed E-state index contributed by atoms with van der Waals surface area (Å²) in [7, 11) is 0. The Morgan fingerprint density at radius 3 is 2.71 bits per heavy atom. The zero-order valence-electron chi connectivity index (χ0n) is 11.6. The maximum atomic E-state index is 13.0. The van der Waals surface area contributed by atoms with Crippen molar-refractivity contribution in [3.63, 3.8) is 0 Å². The second-order valence-corrected chi connectivity index (χ2v) is 5.38. The lowest BCUT2D eigenvalue weighted by molar-refractivity contribution is -0.123. The molecule has 0 spiro atoms. The highest BCUT2D eigenvalue weighted by atomic mass is 19.1. The van der Waals surface area contributed by atoms with Crippen LogP contribution in [-0.4, -0.2) is 27.6 Å². The normalized spacial score (nSPS) is 15.7. The molecule has 1 saturated carbocycles. The van der Waals surface area contributed by atoms with Crippen LogP contribution in [0.5, 0.6) is 0 Å². The van der Waals surface area contributed by atoms with Crippen LogP contribution in [0.15, 0.2) is 30.6 Å². The van der Waals surface area contributed by atoms with E-state index in [1.165, 1.54) is 18.5 Å². The van der Waals surface area contributed by atoms with Crippen LogP contribution < -0.4 is 5.32 Å². The van der Waals surface area contributed by atoms with E-state index in [-0.39, 0.29) is 11.7 Å². The van der Waals surface area contributed by atoms with Gasteiger partial charge in [0.25, 0.3) is 0 Å². The fourth-order valence-corrected chi connectivity index (χ4v) is 2.52. The van der Waals surface area contributed by atoms with Crippen molar-refractivity contribution in [2.24, 2.45) is 0 Å². The van der Waals surface area contributed by atoms with Crippen molar-refractivity contribution in [3.8, 4) is 0 Å². The highest BCUT2D eigenvalue weighted by molar-refractivity contribution is 5.91. The van der Waals surface area contributed by atoms with E-state index in [1.807, 2.05) is 0 Å². The Morgan fingerprint density at radius 2 is 2.10 bits per heavy atom. The second kappa shape index (κ2) is 5.63. The zero-order valence-corrected chi connectivity index (χ0v) is 11.6. The first-order valence-corrected chi connectivity index (χ1v) is 7.09. The topological polar surface area (TPSA) is 70.7 Å². The van der Waals surface area contributed by atoms with Gasteiger partial charge in [0.15, 0.2) is 0 Å². The van der Waals surface area contributed by atoms with Gasteiger partial charge >= 0.3 is 0 Å². The number of aryl methyl sites for hydroxylation is 1. The lowest BCUT2D eigenvalue weighted by atomic mass is 9.95. The van der Waals surface area contributed by atoms with Crippen molar-refractivity contribution in [1.82, 2.24) is 20.5 Å². The van der Waals surface area contributed by atoms with E-state index in [9.17, 15) is 9.18 Å². The van der Waals surface area contributed by atoms with Crippen LogP contribution in [0.3, 0.4) is 0 Å². The van der Waals surface area contributed by atoms with Gasteiger partial charge in [0.1, 0.15) is 18.0 Å². The molecule has 110 valence electrons. The summed E-state index contributed by atoms with van der Waals surface area (Å²) in [6.45, 7) is 0.600. The Labute approximate surface area is 122 Å². The van der Waals surface area contributed by atoms with Gasteiger partial charge in [-0.15, -0.1) is 0 Å². The van der Waals surface area contributed by atoms with Crippen LogP contribution in [0, 0.1) is 5.82 Å². The number of rotatable bonds is 6. The standard InChI is InChI=1S/C15H17FN4O/c16-12-5-3-11(4-6-12)15(7-8-15)14(21)17-9-1-2-13-18-10-19-20-13/h3-6,10H,1-2,7-9H2,(H,17,21)(H,18,19,20). The number of nitrogens with one attached hydrogen (secondary N) is 2. The van der Waals surface area contributed by atoms with Crippen molar-refractivity contribution in [2.45, 2.75) is 31.1 Å². The first-order valence-electron chi connectivity index (χ1n) is 7.09. The van der Waals surface area contributed by atoms with Gasteiger partial charge in [-0.3, -0.25) is 9.89 Å². The molecule has 1 aliphatic rings. The Kier molecular flexibility index (Phi) is 3.68. The summed E-state index contributed by atoms with van der Waals surface area (Å²) in [4.78, 5) is 16.4. The number of nitrogens with zero attached hydrogens (tertiary/aromatic N) is 2. The van der Waals surface area contributed by atoms with E-state index >= 15 is 0 Å². The lowest BCUT2D eigenvalue weighted by Crippen LogP contribution is -2.35. The number of hydrogen-bond acceptors (Lipinski definition) is 3. The van der Waals surface area contributed by atoms with Crippen LogP contribution in [-0.2, 0) is 16.6 Å². The fraction of sp³-hybridized carbons (Fsp3) is 0.400. The minimum atomic E-state index is -0.445. The van der Waals surface area contributed by atoms with Crippen molar-refractivity contribution >= 4 is 5.91 Å². The summed E-state index contributed by atoms with van der Waals surface area (Å²) in [6, 6.07) is 6.23. The molecular formula is C15H17FN4O. The highest BCUT2D eigenvalue weighted by Crippen LogP contribution is 2.48. The van der Waals surface area contributed by atoms with Gasteiger partial charge in [-0.2, -0.15) is 5.10 Å². The second-order valence-electron chi connectivity index (χ2n) is 5.38. The van der Waals surface area contributed by atoms with Gasteiger partial charge in [-0.05, 0) is 37.0 Å². The summed E-state index contributed by atoms with van der Waals surface area (Å²) < 4.78 is 13.0. The van der Waals surface area contributed by atoms with Crippen LogP contribution in [0.1, 0.15) is 30.7 Å². The number of carbonyl (C=O) groups excluding carboxylic acids is 1. The summed E-state index contributed by atoms with van der Waals surface area (Å²) in [5, 5.41) is 9.53. The largest absolute Gasteiger partial charge is 0.355 e. The summed E-state index contributed by atoms with van der Waals surface area (Å²) in [6.07, 6.45) is 4.69. The van der Waals surface area contributed by atoms with Crippen molar-refractivity contribution in [3.05, 3.63) is 47.8 Å². The molecule has 1 aromatic carbocycles. The van der Waals surface area contributed by atoms with Gasteiger partial charge < -0.3 is 5.32 Å². The molecule has 1 fully saturated rings. The molecule has 1 amide bonds. The molecule has 2 aromatic rings. The van der Waals surface area contributed by atoms with Gasteiger partial charge in [0.2, 0.25) is 5.91 Å². The Morgan fingerprint density at radius 1 is 1.33 bits per heavy atom. The van der Waals surface area contributed by atoms with Crippen LogP contribution in [0.4, 0.5) is 4.39 Å². The third-order valence-corrected chi connectivity index (χ3v) is 3.92. The summed E-state index contributed by atoms with van der Waals surface area (Å²) >= 11 is 0. The van der Waals surface area contributed by atoms with Crippen molar-refractivity contribution < 1.29 is 9.18 Å². The molecule has 0 saturated heterocycles. The van der Waals surface area contributed by atoms with Crippen molar-refractivity contribution in [2.75, 3.05) is 6.54 Å². The number of aromatic nitrogens is 3. The van der Waals surface area contributed by atoms with Crippen molar-refractivity contribution in [1.29, 1.82) is 0 Å². The van der Waals surface area contributed by atoms with Crippen LogP contribution in [0.25, 0.3) is 0 Å². The van der Waals surface area contributed by atoms with Crippen LogP contribution >= 0.6 is 0 Å². The lowest BCUT2D eigenvalue weighted by Gasteiger charge is -2.15. The Balaban J connectivity index is 1.52. The van der Waals surface area contributed by atoms with Gasteiger partial charge in [0.05, 0.1) is 5.41 Å². The molecule has 2 N–H and O–H groups in total. The third kappa shape index (κ3) is 2.94. The first kappa shape index (κ1) is 13.7. The Hall–Kier alpha value is -2.24. The smallest absolute Gasteiger partial charge is 0.230 e. The molecule has 5 nitrogen and oxygen atoms in total. The first-order chi connectivity index (χ1) is 10.2. The Bertz CT molecular complexity index is 605. The number of benzene rings is 1. The average Bonchev–Trinajstić information content (AvgIpc) is 3.14. The van der Waals surface area contributed by atoms with E-state index in [2.05, 4.69) is 20.5 Å². The molecule has 0 aliphatic heterocycles. The van der Waals surface area contributed by atoms with E-state index in [0.717, 1.165) is 37.1 Å². The summed E-state index contributed by atoms with van der Waals surface area (Å²) in [5.74, 6) is 0.581. The zero-order chi connectivity index (χ0) is 14.7. The van der Waals surface area contributed by atoms with Gasteiger partial charge in [-0.25, -0.2) is 9.37 Å². The maximum absolute atomic E-state index is 13.0. The summed E-state index contributed by atoms with van der Waals surface area (Å²) in [5.41, 5.74) is 0.455. The number of carbonyl (C=O) groups is 1. The number of halogens is 1. The number of H-pyrrole nitrogens is 1. The predicted molar refractivity (Wildman–Crippen MR) is 75.0 cm³/mol. The van der Waals surface area contributed by atoms with E-state index in [4.69, 9.17) is 0 Å². The molecule has 1 heterocycles. The quantitative estimate of drug-likeness (QED) is 0.795. The molecule has 0 atom stereocenters. The minimum Gasteiger partial charge on any atom is -0.355 e. The minimum absolute atomic E-state index is 0.0340. The molecule has 0 bridgehead atoms. The molecule has 0 radical (unpaired) electrons. The highest BCUT2D eigenvalue weighted by Gasteiger charge is 2.50. The van der Waals surface area contributed by atoms with E-state index in [1.54, 1.807) is 12.1 Å². The van der Waals surface area contributed by atoms with Gasteiger partial charge in [0, 0.05) is 13.0 Å². The third-order valence-electron chi connectivity index (χ3n) is 3.92. The molecule has 3 rings (SSSR count). The van der Waals surface area contributed by atoms with Gasteiger partial charge in [-0.1, -0.05) is 12.1 Å².